The third-order valence-electron chi connectivity index (χ3n) is 4.54. The Morgan fingerprint density at radius 2 is 1.45 bits per heavy atom. The second-order valence-electron chi connectivity index (χ2n) is 8.96. The summed E-state index contributed by atoms with van der Waals surface area (Å²) >= 11 is 12.7. The number of benzene rings is 2. The second-order valence-corrected chi connectivity index (χ2v) is 9.72. The molecule has 0 bridgehead atoms. The zero-order valence-electron chi connectivity index (χ0n) is 18.9. The zero-order chi connectivity index (χ0) is 25.2. The van der Waals surface area contributed by atoms with Gasteiger partial charge >= 0.3 is 12.1 Å². The summed E-state index contributed by atoms with van der Waals surface area (Å²) in [6, 6.07) is 7.20. The summed E-state index contributed by atoms with van der Waals surface area (Å²) in [5, 5.41) is 0.238. The molecule has 0 heterocycles. The first-order valence-electron chi connectivity index (χ1n) is 10.1. The van der Waals surface area contributed by atoms with Gasteiger partial charge in [0.2, 0.25) is 0 Å². The molecule has 0 spiro atoms. The first kappa shape index (κ1) is 27.0. The molecule has 0 aliphatic carbocycles. The topological polar surface area (TPSA) is 52.6 Å². The summed E-state index contributed by atoms with van der Waals surface area (Å²) in [6.45, 7) is 8.31. The first-order valence-corrected chi connectivity index (χ1v) is 10.9. The molecule has 33 heavy (non-hydrogen) atoms. The number of hydrogen-bond donors (Lipinski definition) is 0. The maximum atomic E-state index is 12.7. The molecular formula is C24H25Cl2F3O4. The summed E-state index contributed by atoms with van der Waals surface area (Å²) in [6.07, 6.45) is -4.23. The number of ketones is 1. The van der Waals surface area contributed by atoms with Gasteiger partial charge in [0, 0.05) is 12.0 Å². The normalized spacial score (nSPS) is 12.4. The molecule has 4 nitrogen and oxygen atoms in total. The number of esters is 1. The summed E-state index contributed by atoms with van der Waals surface area (Å²) in [7, 11) is 0. The third-order valence-corrected chi connectivity index (χ3v) is 5.44. The molecule has 2 rings (SSSR count). The summed E-state index contributed by atoms with van der Waals surface area (Å²) in [4.78, 5) is 24.8. The number of carbonyl (C=O) groups excluding carboxylic acids is 2. The van der Waals surface area contributed by atoms with E-state index in [1.54, 1.807) is 40.7 Å². The van der Waals surface area contributed by atoms with E-state index in [2.05, 4.69) is 0 Å². The molecule has 180 valence electrons. The molecule has 2 aromatic carbocycles. The fraction of sp³-hybridized carbons (Fsp3) is 0.417. The maximum absolute atomic E-state index is 12.7. The molecule has 0 radical (unpaired) electrons. The van der Waals surface area contributed by atoms with Crippen LogP contribution in [-0.2, 0) is 22.1 Å². The molecule has 0 aliphatic heterocycles. The highest BCUT2D eigenvalue weighted by molar-refractivity contribution is 6.43. The van der Waals surface area contributed by atoms with E-state index in [0.717, 1.165) is 24.3 Å². The van der Waals surface area contributed by atoms with E-state index >= 15 is 0 Å². The molecule has 0 aliphatic rings. The smallest absolute Gasteiger partial charge is 0.416 e. The third kappa shape index (κ3) is 7.37. The van der Waals surface area contributed by atoms with Crippen LogP contribution in [-0.4, -0.2) is 23.0 Å². The molecule has 9 heteroatoms. The Balaban J connectivity index is 2.09. The average molecular weight is 505 g/mol. The Labute approximate surface area is 201 Å². The second kappa shape index (κ2) is 9.94. The lowest BCUT2D eigenvalue weighted by atomic mass is 10.0. The molecule has 0 amide bonds. The van der Waals surface area contributed by atoms with Crippen LogP contribution in [0.3, 0.4) is 0 Å². The summed E-state index contributed by atoms with van der Waals surface area (Å²) in [5.74, 6) is -0.731. The van der Waals surface area contributed by atoms with Crippen molar-refractivity contribution in [2.75, 3.05) is 0 Å². The van der Waals surface area contributed by atoms with Crippen molar-refractivity contribution in [2.24, 2.45) is 0 Å². The van der Waals surface area contributed by atoms with E-state index in [1.807, 2.05) is 0 Å². The van der Waals surface area contributed by atoms with Crippen LogP contribution < -0.4 is 4.74 Å². The first-order chi connectivity index (χ1) is 15.0. The molecule has 0 atom stereocenters. The van der Waals surface area contributed by atoms with Crippen molar-refractivity contribution in [1.82, 2.24) is 0 Å². The highest BCUT2D eigenvalue weighted by Crippen LogP contribution is 2.37. The number of halogens is 5. The van der Waals surface area contributed by atoms with Crippen LogP contribution in [0.25, 0.3) is 0 Å². The lowest BCUT2D eigenvalue weighted by Gasteiger charge is -2.29. The minimum absolute atomic E-state index is 0.0189. The number of rotatable bonds is 7. The van der Waals surface area contributed by atoms with Gasteiger partial charge in [-0.3, -0.25) is 4.79 Å². The lowest BCUT2D eigenvalue weighted by Crippen LogP contribution is -2.43. The standard InChI is InChI=1S/C24H25Cl2F3O4/c1-22(2,3)33-21(31)23(4,5)32-18-13-9-15(19(25)20(18)26)8-12-17(30)14-6-10-16(11-7-14)24(27,28)29/h6-7,9-11,13H,8,12H2,1-5H3. The van der Waals surface area contributed by atoms with Gasteiger partial charge < -0.3 is 9.47 Å². The van der Waals surface area contributed by atoms with Crippen molar-refractivity contribution in [3.05, 3.63) is 63.1 Å². The van der Waals surface area contributed by atoms with E-state index in [-0.39, 0.29) is 40.0 Å². The number of hydrogen-bond acceptors (Lipinski definition) is 4. The van der Waals surface area contributed by atoms with Gasteiger partial charge in [-0.25, -0.2) is 4.79 Å². The van der Waals surface area contributed by atoms with Crippen LogP contribution in [0.15, 0.2) is 36.4 Å². The maximum Gasteiger partial charge on any atom is 0.416 e. The fourth-order valence-corrected chi connectivity index (χ4v) is 3.27. The Kier molecular flexibility index (Phi) is 8.13. The van der Waals surface area contributed by atoms with Crippen molar-refractivity contribution in [2.45, 2.75) is 64.8 Å². The number of carbonyl (C=O) groups is 2. The van der Waals surface area contributed by atoms with Crippen LogP contribution in [0.1, 0.15) is 62.5 Å². The van der Waals surface area contributed by atoms with Crippen molar-refractivity contribution < 1.29 is 32.2 Å². The van der Waals surface area contributed by atoms with E-state index in [0.29, 0.717) is 5.56 Å². The van der Waals surface area contributed by atoms with Gasteiger partial charge in [0.1, 0.15) is 16.4 Å². The molecule has 0 aromatic heterocycles. The number of Topliss-reactive ketones (excluding diaryl/α,β-unsaturated/α-hetero) is 1. The van der Waals surface area contributed by atoms with Crippen molar-refractivity contribution in [3.8, 4) is 5.75 Å². The van der Waals surface area contributed by atoms with Gasteiger partial charge in [-0.05, 0) is 64.8 Å². The van der Waals surface area contributed by atoms with Crippen LogP contribution >= 0.6 is 23.2 Å². The Morgan fingerprint density at radius 3 is 1.97 bits per heavy atom. The average Bonchev–Trinajstić information content (AvgIpc) is 2.68. The minimum atomic E-state index is -4.46. The van der Waals surface area contributed by atoms with Gasteiger partial charge in [-0.15, -0.1) is 0 Å². The predicted molar refractivity (Wildman–Crippen MR) is 121 cm³/mol. The molecule has 0 saturated carbocycles. The van der Waals surface area contributed by atoms with Gasteiger partial charge in [0.15, 0.2) is 11.4 Å². The van der Waals surface area contributed by atoms with Crippen molar-refractivity contribution >= 4 is 35.0 Å². The molecule has 0 unspecified atom stereocenters. The summed E-state index contributed by atoms with van der Waals surface area (Å²) in [5.41, 5.74) is -2.12. The molecule has 0 N–H and O–H groups in total. The molecule has 0 saturated heterocycles. The zero-order valence-corrected chi connectivity index (χ0v) is 20.4. The van der Waals surface area contributed by atoms with Crippen molar-refractivity contribution in [3.63, 3.8) is 0 Å². The number of ether oxygens (including phenoxy) is 2. The van der Waals surface area contributed by atoms with Crippen LogP contribution in [0.4, 0.5) is 13.2 Å². The molecule has 0 fully saturated rings. The highest BCUT2D eigenvalue weighted by atomic mass is 35.5. The van der Waals surface area contributed by atoms with Crippen LogP contribution in [0, 0.1) is 0 Å². The number of alkyl halides is 3. The van der Waals surface area contributed by atoms with Crippen LogP contribution in [0.2, 0.25) is 10.0 Å². The number of aryl methyl sites for hydroxylation is 1. The van der Waals surface area contributed by atoms with Gasteiger partial charge in [-0.2, -0.15) is 13.2 Å². The predicted octanol–water partition coefficient (Wildman–Crippen LogP) is 7.33. The SMILES string of the molecule is CC(C)(C)OC(=O)C(C)(C)Oc1ccc(CCC(=O)c2ccc(C(F)(F)F)cc2)c(Cl)c1Cl. The fourth-order valence-electron chi connectivity index (χ4n) is 2.80. The van der Waals surface area contributed by atoms with Gasteiger partial charge in [0.05, 0.1) is 10.6 Å². The Morgan fingerprint density at radius 1 is 0.879 bits per heavy atom. The molecular weight excluding hydrogens is 480 g/mol. The van der Waals surface area contributed by atoms with Crippen molar-refractivity contribution in [1.29, 1.82) is 0 Å². The highest BCUT2D eigenvalue weighted by Gasteiger charge is 2.35. The van der Waals surface area contributed by atoms with Gasteiger partial charge in [-0.1, -0.05) is 41.4 Å². The lowest BCUT2D eigenvalue weighted by molar-refractivity contribution is -0.170. The van der Waals surface area contributed by atoms with E-state index in [9.17, 15) is 22.8 Å². The monoisotopic (exact) mass is 504 g/mol. The minimum Gasteiger partial charge on any atom is -0.475 e. The van der Waals surface area contributed by atoms with E-state index in [4.69, 9.17) is 32.7 Å². The van der Waals surface area contributed by atoms with E-state index in [1.165, 1.54) is 6.07 Å². The van der Waals surface area contributed by atoms with Gasteiger partial charge in [0.25, 0.3) is 0 Å². The largest absolute Gasteiger partial charge is 0.475 e. The Bertz CT molecular complexity index is 1020. The molecule has 2 aromatic rings. The quantitative estimate of drug-likeness (QED) is 0.292. The Hall–Kier alpha value is -2.25. The summed E-state index contributed by atoms with van der Waals surface area (Å²) < 4.78 is 49.2. The van der Waals surface area contributed by atoms with E-state index < -0.39 is 28.9 Å². The van der Waals surface area contributed by atoms with Crippen LogP contribution in [0.5, 0.6) is 5.75 Å².